The molecule has 0 atom stereocenters. The van der Waals surface area contributed by atoms with Gasteiger partial charge in [0.15, 0.2) is 0 Å². The summed E-state index contributed by atoms with van der Waals surface area (Å²) < 4.78 is 0. The molecule has 2 rings (SSSR count). The van der Waals surface area contributed by atoms with E-state index in [4.69, 9.17) is 11.0 Å². The van der Waals surface area contributed by atoms with Gasteiger partial charge in [0.05, 0.1) is 23.5 Å². The summed E-state index contributed by atoms with van der Waals surface area (Å²) in [4.78, 5) is 16.7. The van der Waals surface area contributed by atoms with E-state index in [9.17, 15) is 4.79 Å². The Labute approximate surface area is 127 Å². The van der Waals surface area contributed by atoms with Gasteiger partial charge in [0.1, 0.15) is 0 Å². The average molecular weight is 298 g/mol. The van der Waals surface area contributed by atoms with Crippen LogP contribution >= 0.6 is 11.8 Å². The highest BCUT2D eigenvalue weighted by Gasteiger charge is 2.04. The van der Waals surface area contributed by atoms with E-state index in [0.717, 1.165) is 4.90 Å². The summed E-state index contributed by atoms with van der Waals surface area (Å²) >= 11 is 1.52. The van der Waals surface area contributed by atoms with Crippen molar-refractivity contribution in [2.45, 2.75) is 11.3 Å². The highest BCUT2D eigenvalue weighted by molar-refractivity contribution is 7.99. The highest BCUT2D eigenvalue weighted by atomic mass is 32.2. The first-order chi connectivity index (χ1) is 10.2. The number of benzene rings is 1. The minimum absolute atomic E-state index is 0.0696. The van der Waals surface area contributed by atoms with Crippen molar-refractivity contribution in [3.8, 4) is 6.07 Å². The molecule has 0 radical (unpaired) electrons. The molecule has 5 nitrogen and oxygen atoms in total. The molecule has 0 bridgehead atoms. The molecule has 0 aliphatic rings. The van der Waals surface area contributed by atoms with Crippen LogP contribution in [0.2, 0.25) is 0 Å². The fraction of sp³-hybridized carbons (Fsp3) is 0.133. The number of rotatable bonds is 5. The number of carbonyl (C=O) groups is 1. The van der Waals surface area contributed by atoms with Gasteiger partial charge >= 0.3 is 0 Å². The van der Waals surface area contributed by atoms with E-state index in [0.29, 0.717) is 29.1 Å². The zero-order valence-electron chi connectivity index (χ0n) is 11.2. The fourth-order valence-electron chi connectivity index (χ4n) is 1.63. The van der Waals surface area contributed by atoms with Crippen molar-refractivity contribution in [3.05, 3.63) is 48.3 Å². The minimum atomic E-state index is -0.0696. The first kappa shape index (κ1) is 14.9. The highest BCUT2D eigenvalue weighted by Crippen LogP contribution is 2.24. The van der Waals surface area contributed by atoms with Crippen molar-refractivity contribution in [1.29, 1.82) is 5.26 Å². The number of hydrogen-bond donors (Lipinski definition) is 2. The molecule has 1 heterocycles. The first-order valence-electron chi connectivity index (χ1n) is 6.31. The van der Waals surface area contributed by atoms with Crippen LogP contribution in [0.3, 0.4) is 0 Å². The van der Waals surface area contributed by atoms with E-state index in [1.807, 2.05) is 12.1 Å². The number of nitrogens with zero attached hydrogens (tertiary/aromatic N) is 2. The smallest absolute Gasteiger partial charge is 0.225 e. The quantitative estimate of drug-likeness (QED) is 0.828. The number of anilines is 2. The molecule has 0 saturated carbocycles. The van der Waals surface area contributed by atoms with Crippen LogP contribution in [-0.2, 0) is 4.79 Å². The van der Waals surface area contributed by atoms with Gasteiger partial charge in [-0.05, 0) is 30.3 Å². The number of nitrogens with one attached hydrogen (secondary N) is 1. The third kappa shape index (κ3) is 4.51. The van der Waals surface area contributed by atoms with Crippen molar-refractivity contribution in [3.63, 3.8) is 0 Å². The van der Waals surface area contributed by atoms with Crippen LogP contribution in [-0.4, -0.2) is 16.6 Å². The number of amides is 1. The molecule has 106 valence electrons. The molecule has 0 aliphatic carbocycles. The Balaban J connectivity index is 1.80. The average Bonchev–Trinajstić information content (AvgIpc) is 2.50. The molecule has 0 spiro atoms. The Morgan fingerprint density at radius 2 is 2.10 bits per heavy atom. The standard InChI is InChI=1S/C15H14N4OS/c16-9-11-1-3-12(4-2-11)19-15(20)6-8-21-14-5-7-18-10-13(14)17/h1-5,7,10H,6,8,17H2,(H,19,20). The van der Waals surface area contributed by atoms with Crippen LogP contribution in [0.1, 0.15) is 12.0 Å². The van der Waals surface area contributed by atoms with Crippen molar-refractivity contribution in [2.24, 2.45) is 0 Å². The number of nitriles is 1. The Kier molecular flexibility index (Phi) is 5.18. The number of thioether (sulfide) groups is 1. The van der Waals surface area contributed by atoms with Crippen LogP contribution in [0.15, 0.2) is 47.6 Å². The van der Waals surface area contributed by atoms with Gasteiger partial charge in [-0.3, -0.25) is 9.78 Å². The van der Waals surface area contributed by atoms with Crippen molar-refractivity contribution >= 4 is 29.0 Å². The second kappa shape index (κ2) is 7.31. The third-order valence-corrected chi connectivity index (χ3v) is 3.79. The van der Waals surface area contributed by atoms with Gasteiger partial charge in [-0.15, -0.1) is 11.8 Å². The summed E-state index contributed by atoms with van der Waals surface area (Å²) in [7, 11) is 0. The van der Waals surface area contributed by atoms with Gasteiger partial charge in [-0.1, -0.05) is 0 Å². The maximum atomic E-state index is 11.8. The fourth-order valence-corrected chi connectivity index (χ4v) is 2.51. The van der Waals surface area contributed by atoms with Crippen LogP contribution in [0.5, 0.6) is 0 Å². The van der Waals surface area contributed by atoms with E-state index >= 15 is 0 Å². The zero-order chi connectivity index (χ0) is 15.1. The summed E-state index contributed by atoms with van der Waals surface area (Å²) in [5, 5.41) is 11.5. The Hall–Kier alpha value is -2.52. The number of nitrogens with two attached hydrogens (primary N) is 1. The summed E-state index contributed by atoms with van der Waals surface area (Å²) in [6.45, 7) is 0. The lowest BCUT2D eigenvalue weighted by Gasteiger charge is -2.06. The molecule has 21 heavy (non-hydrogen) atoms. The molecule has 0 fully saturated rings. The lowest BCUT2D eigenvalue weighted by Crippen LogP contribution is -2.12. The summed E-state index contributed by atoms with van der Waals surface area (Å²) in [5.41, 5.74) is 7.65. The number of aromatic nitrogens is 1. The Morgan fingerprint density at radius 3 is 2.76 bits per heavy atom. The van der Waals surface area contributed by atoms with Gasteiger partial charge in [0, 0.05) is 29.0 Å². The molecular formula is C15H14N4OS. The Morgan fingerprint density at radius 1 is 1.33 bits per heavy atom. The topological polar surface area (TPSA) is 91.8 Å². The summed E-state index contributed by atoms with van der Waals surface area (Å²) in [6, 6.07) is 10.6. The second-order valence-corrected chi connectivity index (χ2v) is 5.39. The normalized spacial score (nSPS) is 9.86. The van der Waals surface area contributed by atoms with Gasteiger partial charge < -0.3 is 11.1 Å². The molecule has 1 aromatic carbocycles. The molecule has 0 unspecified atom stereocenters. The molecule has 0 aliphatic heterocycles. The second-order valence-electron chi connectivity index (χ2n) is 4.25. The summed E-state index contributed by atoms with van der Waals surface area (Å²) in [6.07, 6.45) is 3.65. The van der Waals surface area contributed by atoms with Crippen molar-refractivity contribution in [1.82, 2.24) is 4.98 Å². The first-order valence-corrected chi connectivity index (χ1v) is 7.30. The predicted octanol–water partition coefficient (Wildman–Crippen LogP) is 2.66. The molecule has 2 aromatic rings. The maximum absolute atomic E-state index is 11.8. The van der Waals surface area contributed by atoms with Crippen LogP contribution in [0.25, 0.3) is 0 Å². The number of hydrogen-bond acceptors (Lipinski definition) is 5. The molecule has 1 amide bonds. The SMILES string of the molecule is N#Cc1ccc(NC(=O)CCSc2ccncc2N)cc1. The van der Waals surface area contributed by atoms with Gasteiger partial charge in [-0.25, -0.2) is 0 Å². The van der Waals surface area contributed by atoms with Crippen LogP contribution in [0, 0.1) is 11.3 Å². The number of pyridine rings is 1. The van der Waals surface area contributed by atoms with E-state index in [2.05, 4.69) is 10.3 Å². The molecule has 3 N–H and O–H groups in total. The molecule has 6 heteroatoms. The summed E-state index contributed by atoms with van der Waals surface area (Å²) in [5.74, 6) is 0.566. The van der Waals surface area contributed by atoms with Crippen molar-refractivity contribution in [2.75, 3.05) is 16.8 Å². The molecule has 1 aromatic heterocycles. The lowest BCUT2D eigenvalue weighted by molar-refractivity contribution is -0.115. The van der Waals surface area contributed by atoms with Crippen LogP contribution < -0.4 is 11.1 Å². The van der Waals surface area contributed by atoms with E-state index in [-0.39, 0.29) is 5.91 Å². The lowest BCUT2D eigenvalue weighted by atomic mass is 10.2. The third-order valence-electron chi connectivity index (χ3n) is 2.69. The molecule has 0 saturated heterocycles. The number of nitrogen functional groups attached to an aromatic ring is 1. The maximum Gasteiger partial charge on any atom is 0.225 e. The van der Waals surface area contributed by atoms with Crippen molar-refractivity contribution < 1.29 is 4.79 Å². The van der Waals surface area contributed by atoms with Gasteiger partial charge in [0.25, 0.3) is 0 Å². The molecular weight excluding hydrogens is 284 g/mol. The van der Waals surface area contributed by atoms with E-state index < -0.39 is 0 Å². The number of carbonyl (C=O) groups excluding carboxylic acids is 1. The predicted molar refractivity (Wildman–Crippen MR) is 83.8 cm³/mol. The minimum Gasteiger partial charge on any atom is -0.397 e. The van der Waals surface area contributed by atoms with Gasteiger partial charge in [0.2, 0.25) is 5.91 Å². The zero-order valence-corrected chi connectivity index (χ0v) is 12.1. The van der Waals surface area contributed by atoms with E-state index in [1.54, 1.807) is 36.7 Å². The Bertz CT molecular complexity index is 664. The van der Waals surface area contributed by atoms with E-state index in [1.165, 1.54) is 11.8 Å². The van der Waals surface area contributed by atoms with Gasteiger partial charge in [-0.2, -0.15) is 5.26 Å². The largest absolute Gasteiger partial charge is 0.397 e. The van der Waals surface area contributed by atoms with Crippen LogP contribution in [0.4, 0.5) is 11.4 Å². The monoisotopic (exact) mass is 298 g/mol.